The van der Waals surface area contributed by atoms with Gasteiger partial charge in [0, 0.05) is 6.54 Å². The molecule has 0 fully saturated rings. The van der Waals surface area contributed by atoms with Crippen LogP contribution in [0.1, 0.15) is 0 Å². The van der Waals surface area contributed by atoms with Crippen LogP contribution in [0.25, 0.3) is 0 Å². The number of sulfonamides is 1. The first-order chi connectivity index (χ1) is 6.02. The van der Waals surface area contributed by atoms with Crippen LogP contribution in [-0.2, 0) is 10.0 Å². The number of hydrogen-bond donors (Lipinski definition) is 1. The zero-order chi connectivity index (χ0) is 10.3. The molecular formula is C8H13NO3S. The summed E-state index contributed by atoms with van der Waals surface area (Å²) in [5, 5.41) is 8.42. The highest BCUT2D eigenvalue weighted by atomic mass is 32.2. The van der Waals surface area contributed by atoms with Crippen LogP contribution in [0.4, 0.5) is 0 Å². The van der Waals surface area contributed by atoms with E-state index >= 15 is 0 Å². The maximum atomic E-state index is 11.0. The molecule has 0 rings (SSSR count). The van der Waals surface area contributed by atoms with Crippen LogP contribution in [-0.4, -0.2) is 43.8 Å². The summed E-state index contributed by atoms with van der Waals surface area (Å²) >= 11 is 0. The van der Waals surface area contributed by atoms with Crippen LogP contribution in [0.2, 0.25) is 0 Å². The predicted octanol–water partition coefficient (Wildman–Crippen LogP) is -0.570. The number of terminal acetylenes is 1. The topological polar surface area (TPSA) is 57.6 Å². The normalized spacial score (nSPS) is 12.2. The molecular weight excluding hydrogens is 190 g/mol. The molecule has 0 aromatic carbocycles. The van der Waals surface area contributed by atoms with Gasteiger partial charge in [0.05, 0.1) is 19.4 Å². The van der Waals surface area contributed by atoms with Crippen molar-refractivity contribution < 1.29 is 13.5 Å². The van der Waals surface area contributed by atoms with Gasteiger partial charge in [0.2, 0.25) is 10.0 Å². The van der Waals surface area contributed by atoms with Gasteiger partial charge < -0.3 is 5.11 Å². The predicted molar refractivity (Wildman–Crippen MR) is 51.5 cm³/mol. The van der Waals surface area contributed by atoms with Gasteiger partial charge in [-0.25, -0.2) is 8.42 Å². The lowest BCUT2D eigenvalue weighted by atomic mass is 10.5. The van der Waals surface area contributed by atoms with Crippen molar-refractivity contribution in [1.29, 1.82) is 0 Å². The molecule has 4 nitrogen and oxygen atoms in total. The molecule has 13 heavy (non-hydrogen) atoms. The van der Waals surface area contributed by atoms with Crippen LogP contribution >= 0.6 is 0 Å². The minimum absolute atomic E-state index is 0.0502. The summed E-state index contributed by atoms with van der Waals surface area (Å²) in [6.07, 6.45) is 9.12. The highest BCUT2D eigenvalue weighted by molar-refractivity contribution is 7.88. The molecule has 0 aromatic heterocycles. The lowest BCUT2D eigenvalue weighted by molar-refractivity contribution is 0.342. The van der Waals surface area contributed by atoms with Crippen molar-refractivity contribution in [3.05, 3.63) is 12.2 Å². The van der Waals surface area contributed by atoms with Gasteiger partial charge in [0.15, 0.2) is 0 Å². The highest BCUT2D eigenvalue weighted by Gasteiger charge is 2.12. The molecule has 1 N–H and O–H groups in total. The van der Waals surface area contributed by atoms with E-state index in [2.05, 4.69) is 5.92 Å². The molecule has 0 amide bonds. The Morgan fingerprint density at radius 1 is 1.54 bits per heavy atom. The molecule has 0 radical (unpaired) electrons. The highest BCUT2D eigenvalue weighted by Crippen LogP contribution is 1.96. The monoisotopic (exact) mass is 203 g/mol. The maximum absolute atomic E-state index is 11.0. The third-order valence-electron chi connectivity index (χ3n) is 1.32. The molecule has 0 spiro atoms. The van der Waals surface area contributed by atoms with Gasteiger partial charge in [0.25, 0.3) is 0 Å². The average Bonchev–Trinajstić information content (AvgIpc) is 2.01. The summed E-state index contributed by atoms with van der Waals surface area (Å²) in [7, 11) is -3.25. The Morgan fingerprint density at radius 2 is 2.15 bits per heavy atom. The third kappa shape index (κ3) is 5.42. The van der Waals surface area contributed by atoms with Gasteiger partial charge in [-0.15, -0.1) is 6.42 Å². The smallest absolute Gasteiger partial charge is 0.212 e. The molecule has 0 aliphatic rings. The van der Waals surface area contributed by atoms with Crippen molar-refractivity contribution in [3.63, 3.8) is 0 Å². The van der Waals surface area contributed by atoms with E-state index < -0.39 is 10.0 Å². The Hall–Kier alpha value is -0.830. The summed E-state index contributed by atoms with van der Waals surface area (Å²) in [5.41, 5.74) is 0. The number of hydrogen-bond acceptors (Lipinski definition) is 3. The van der Waals surface area contributed by atoms with Crippen molar-refractivity contribution in [1.82, 2.24) is 4.31 Å². The summed E-state index contributed by atoms with van der Waals surface area (Å²) < 4.78 is 23.2. The summed E-state index contributed by atoms with van der Waals surface area (Å²) in [6, 6.07) is 0. The van der Waals surface area contributed by atoms with E-state index in [0.29, 0.717) is 0 Å². The van der Waals surface area contributed by atoms with E-state index in [9.17, 15) is 8.42 Å². The van der Waals surface area contributed by atoms with Crippen LogP contribution in [0, 0.1) is 12.3 Å². The zero-order valence-electron chi connectivity index (χ0n) is 7.47. The molecule has 74 valence electrons. The Bertz CT molecular complexity index is 300. The van der Waals surface area contributed by atoms with E-state index in [4.69, 9.17) is 11.5 Å². The average molecular weight is 203 g/mol. The van der Waals surface area contributed by atoms with E-state index in [1.807, 2.05) is 0 Å². The lowest BCUT2D eigenvalue weighted by Crippen LogP contribution is -2.30. The van der Waals surface area contributed by atoms with Gasteiger partial charge >= 0.3 is 0 Å². The van der Waals surface area contributed by atoms with Crippen molar-refractivity contribution in [3.8, 4) is 12.3 Å². The fourth-order valence-corrected chi connectivity index (χ4v) is 1.35. The lowest BCUT2D eigenvalue weighted by Gasteiger charge is -2.14. The standard InChI is InChI=1S/C8H13NO3S/c1-3-6-9(13(2,11)12)7-4-5-8-10/h1,4-5,10H,6-8H2,2H3/b5-4+. The number of aliphatic hydroxyl groups is 1. The first-order valence-electron chi connectivity index (χ1n) is 3.66. The molecule has 0 unspecified atom stereocenters. The second-order valence-corrected chi connectivity index (χ2v) is 4.40. The second kappa shape index (κ2) is 5.75. The largest absolute Gasteiger partial charge is 0.392 e. The fraction of sp³-hybridized carbons (Fsp3) is 0.500. The van der Waals surface area contributed by atoms with Crippen LogP contribution in [0.15, 0.2) is 12.2 Å². The molecule has 0 saturated carbocycles. The molecule has 0 atom stereocenters. The Kier molecular flexibility index (Phi) is 5.39. The van der Waals surface area contributed by atoms with Gasteiger partial charge in [-0.05, 0) is 0 Å². The quantitative estimate of drug-likeness (QED) is 0.481. The summed E-state index contributed by atoms with van der Waals surface area (Å²) in [6.45, 7) is 0.145. The van der Waals surface area contributed by atoms with Crippen molar-refractivity contribution >= 4 is 10.0 Å². The molecule has 0 aromatic rings. The fourth-order valence-electron chi connectivity index (χ4n) is 0.686. The van der Waals surface area contributed by atoms with Crippen LogP contribution < -0.4 is 0 Å². The van der Waals surface area contributed by atoms with E-state index in [0.717, 1.165) is 10.6 Å². The number of rotatable bonds is 5. The molecule has 0 heterocycles. The van der Waals surface area contributed by atoms with E-state index in [1.54, 1.807) is 6.08 Å². The van der Waals surface area contributed by atoms with E-state index in [-0.39, 0.29) is 19.7 Å². The van der Waals surface area contributed by atoms with Gasteiger partial charge in [-0.1, -0.05) is 18.1 Å². The maximum Gasteiger partial charge on any atom is 0.212 e. The summed E-state index contributed by atoms with van der Waals surface area (Å²) in [5.74, 6) is 2.25. The first kappa shape index (κ1) is 12.2. The van der Waals surface area contributed by atoms with Gasteiger partial charge in [0.1, 0.15) is 0 Å². The van der Waals surface area contributed by atoms with Crippen LogP contribution in [0.3, 0.4) is 0 Å². The van der Waals surface area contributed by atoms with Gasteiger partial charge in [-0.3, -0.25) is 0 Å². The second-order valence-electron chi connectivity index (χ2n) is 2.41. The number of aliphatic hydroxyl groups excluding tert-OH is 1. The first-order valence-corrected chi connectivity index (χ1v) is 5.51. The van der Waals surface area contributed by atoms with Crippen molar-refractivity contribution in [2.75, 3.05) is 26.0 Å². The molecule has 0 aliphatic heterocycles. The summed E-state index contributed by atoms with van der Waals surface area (Å²) in [4.78, 5) is 0. The third-order valence-corrected chi connectivity index (χ3v) is 2.53. The molecule has 0 bridgehead atoms. The Balaban J connectivity index is 4.30. The Morgan fingerprint density at radius 3 is 2.54 bits per heavy atom. The SMILES string of the molecule is C#CCN(C/C=C/CO)S(C)(=O)=O. The number of nitrogens with zero attached hydrogens (tertiary/aromatic N) is 1. The molecule has 0 aliphatic carbocycles. The molecule has 5 heteroatoms. The minimum atomic E-state index is -3.25. The Labute approximate surface area is 78.9 Å². The van der Waals surface area contributed by atoms with Crippen molar-refractivity contribution in [2.24, 2.45) is 0 Å². The van der Waals surface area contributed by atoms with Crippen LogP contribution in [0.5, 0.6) is 0 Å². The van der Waals surface area contributed by atoms with E-state index in [1.165, 1.54) is 6.08 Å². The minimum Gasteiger partial charge on any atom is -0.392 e. The van der Waals surface area contributed by atoms with Crippen molar-refractivity contribution in [2.45, 2.75) is 0 Å². The van der Waals surface area contributed by atoms with Gasteiger partial charge in [-0.2, -0.15) is 4.31 Å². The zero-order valence-corrected chi connectivity index (χ0v) is 8.29. The molecule has 0 saturated heterocycles.